The van der Waals surface area contributed by atoms with Crippen LogP contribution in [-0.2, 0) is 17.8 Å². The van der Waals surface area contributed by atoms with Gasteiger partial charge < -0.3 is 14.6 Å². The predicted octanol–water partition coefficient (Wildman–Crippen LogP) is 2.62. The topological polar surface area (TPSA) is 89.7 Å². The molecule has 0 heterocycles. The van der Waals surface area contributed by atoms with Crippen molar-refractivity contribution in [3.8, 4) is 11.5 Å². The average molecular weight is 287 g/mol. The van der Waals surface area contributed by atoms with Gasteiger partial charge in [0, 0.05) is 12.0 Å². The van der Waals surface area contributed by atoms with Crippen molar-refractivity contribution in [3.63, 3.8) is 0 Å². The number of nitrogens with zero attached hydrogens (tertiary/aromatic N) is 1. The Morgan fingerprint density at radius 1 is 1.19 bits per heavy atom. The maximum absolute atomic E-state index is 11.1. The van der Waals surface area contributed by atoms with Gasteiger partial charge in [-0.05, 0) is 11.6 Å². The molecule has 2 rings (SSSR count). The summed E-state index contributed by atoms with van der Waals surface area (Å²) in [6, 6.07) is 12.0. The van der Waals surface area contributed by atoms with Crippen LogP contribution in [0, 0.1) is 10.1 Å². The highest BCUT2D eigenvalue weighted by atomic mass is 16.6. The van der Waals surface area contributed by atoms with Crippen LogP contribution in [0.2, 0.25) is 0 Å². The molecule has 6 nitrogen and oxygen atoms in total. The molecule has 0 spiro atoms. The third-order valence-electron chi connectivity index (χ3n) is 2.92. The number of ether oxygens (including phenoxy) is 1. The summed E-state index contributed by atoms with van der Waals surface area (Å²) >= 11 is 0. The first-order valence-corrected chi connectivity index (χ1v) is 6.23. The Hall–Kier alpha value is -2.89. The molecular formula is C15H13NO5. The van der Waals surface area contributed by atoms with Crippen molar-refractivity contribution in [3.05, 3.63) is 63.7 Å². The van der Waals surface area contributed by atoms with Crippen LogP contribution >= 0.6 is 0 Å². The van der Waals surface area contributed by atoms with Gasteiger partial charge in [0.25, 0.3) is 0 Å². The van der Waals surface area contributed by atoms with Crippen molar-refractivity contribution in [2.45, 2.75) is 13.0 Å². The van der Waals surface area contributed by atoms with Gasteiger partial charge in [0.15, 0.2) is 0 Å². The van der Waals surface area contributed by atoms with E-state index in [0.29, 0.717) is 6.29 Å². The van der Waals surface area contributed by atoms with E-state index in [1.54, 1.807) is 0 Å². The number of nitro benzene ring substituents is 1. The molecule has 0 unspecified atom stereocenters. The third-order valence-corrected chi connectivity index (χ3v) is 2.92. The van der Waals surface area contributed by atoms with E-state index < -0.39 is 16.4 Å². The number of hydrogen-bond acceptors (Lipinski definition) is 5. The van der Waals surface area contributed by atoms with Gasteiger partial charge in [0.2, 0.25) is 11.5 Å². The molecule has 2 aromatic rings. The highest BCUT2D eigenvalue weighted by Gasteiger charge is 2.24. The molecule has 0 amide bonds. The van der Waals surface area contributed by atoms with Gasteiger partial charge in [-0.2, -0.15) is 0 Å². The van der Waals surface area contributed by atoms with Gasteiger partial charge in [-0.15, -0.1) is 0 Å². The van der Waals surface area contributed by atoms with E-state index in [1.165, 1.54) is 12.1 Å². The minimum atomic E-state index is -0.718. The number of rotatable bonds is 6. The van der Waals surface area contributed by atoms with Crippen LogP contribution in [0.1, 0.15) is 11.1 Å². The summed E-state index contributed by atoms with van der Waals surface area (Å²) in [5, 5.41) is 21.0. The molecule has 0 aliphatic carbocycles. The highest BCUT2D eigenvalue weighted by molar-refractivity contribution is 5.65. The van der Waals surface area contributed by atoms with E-state index in [0.717, 1.165) is 5.56 Å². The maximum atomic E-state index is 11.1. The fraction of sp³-hybridized carbons (Fsp3) is 0.133. The van der Waals surface area contributed by atoms with E-state index >= 15 is 0 Å². The lowest BCUT2D eigenvalue weighted by Crippen LogP contribution is -2.01. The van der Waals surface area contributed by atoms with Gasteiger partial charge >= 0.3 is 5.69 Å². The average Bonchev–Trinajstić information content (AvgIpc) is 2.48. The molecule has 0 saturated heterocycles. The SMILES string of the molecule is O=CCc1ccc(OCc2ccccc2)c([N+](=O)[O-])c1O. The lowest BCUT2D eigenvalue weighted by molar-refractivity contribution is -0.387. The summed E-state index contributed by atoms with van der Waals surface area (Å²) in [5.74, 6) is -0.561. The number of hydrogen-bond donors (Lipinski definition) is 1. The molecule has 0 bridgehead atoms. The zero-order valence-corrected chi connectivity index (χ0v) is 11.1. The fourth-order valence-corrected chi connectivity index (χ4v) is 1.89. The molecule has 0 radical (unpaired) electrons. The first-order valence-electron chi connectivity index (χ1n) is 6.23. The normalized spacial score (nSPS) is 10.1. The lowest BCUT2D eigenvalue weighted by atomic mass is 10.1. The van der Waals surface area contributed by atoms with Crippen LogP contribution < -0.4 is 4.74 Å². The number of carbonyl (C=O) groups excluding carboxylic acids is 1. The van der Waals surface area contributed by atoms with E-state index in [1.807, 2.05) is 30.3 Å². The predicted molar refractivity (Wildman–Crippen MR) is 75.3 cm³/mol. The quantitative estimate of drug-likeness (QED) is 0.501. The van der Waals surface area contributed by atoms with Gasteiger partial charge in [0.1, 0.15) is 12.9 Å². The van der Waals surface area contributed by atoms with Crippen molar-refractivity contribution < 1.29 is 19.6 Å². The van der Waals surface area contributed by atoms with Crippen molar-refractivity contribution in [2.75, 3.05) is 0 Å². The van der Waals surface area contributed by atoms with Gasteiger partial charge in [-0.1, -0.05) is 36.4 Å². The molecule has 0 aromatic heterocycles. The van der Waals surface area contributed by atoms with Crippen LogP contribution in [0.3, 0.4) is 0 Å². The molecule has 108 valence electrons. The van der Waals surface area contributed by atoms with Gasteiger partial charge in [0.05, 0.1) is 4.92 Å². The Balaban J connectivity index is 2.28. The number of aldehydes is 1. The van der Waals surface area contributed by atoms with Crippen molar-refractivity contribution in [1.29, 1.82) is 0 Å². The first-order chi connectivity index (χ1) is 10.1. The number of nitro groups is 1. The van der Waals surface area contributed by atoms with Crippen LogP contribution in [0.15, 0.2) is 42.5 Å². The minimum Gasteiger partial charge on any atom is -0.502 e. The van der Waals surface area contributed by atoms with E-state index in [9.17, 15) is 20.0 Å². The van der Waals surface area contributed by atoms with Crippen LogP contribution in [0.4, 0.5) is 5.69 Å². The second-order valence-electron chi connectivity index (χ2n) is 4.32. The Kier molecular flexibility index (Phi) is 4.50. The first kappa shape index (κ1) is 14.5. The second kappa shape index (κ2) is 6.51. The fourth-order valence-electron chi connectivity index (χ4n) is 1.89. The smallest absolute Gasteiger partial charge is 0.352 e. The molecule has 0 saturated carbocycles. The molecule has 0 atom stereocenters. The van der Waals surface area contributed by atoms with Gasteiger partial charge in [-0.3, -0.25) is 10.1 Å². The molecule has 0 aliphatic heterocycles. The Morgan fingerprint density at radius 3 is 2.52 bits per heavy atom. The standard InChI is InChI=1S/C15H13NO5/c17-9-8-12-6-7-13(14(15(12)18)16(19)20)21-10-11-4-2-1-3-5-11/h1-7,9,18H,8,10H2. The largest absolute Gasteiger partial charge is 0.502 e. The molecule has 0 aliphatic rings. The van der Waals surface area contributed by atoms with Crippen molar-refractivity contribution in [2.24, 2.45) is 0 Å². The number of aromatic hydroxyl groups is 1. The summed E-state index contributed by atoms with van der Waals surface area (Å²) in [7, 11) is 0. The Labute approximate surface area is 120 Å². The number of carbonyl (C=O) groups is 1. The van der Waals surface area contributed by atoms with E-state index in [2.05, 4.69) is 0 Å². The Bertz CT molecular complexity index is 655. The zero-order valence-electron chi connectivity index (χ0n) is 11.1. The highest BCUT2D eigenvalue weighted by Crippen LogP contribution is 2.39. The molecular weight excluding hydrogens is 274 g/mol. The second-order valence-corrected chi connectivity index (χ2v) is 4.32. The molecule has 2 aromatic carbocycles. The van der Waals surface area contributed by atoms with Crippen LogP contribution in [-0.4, -0.2) is 16.3 Å². The van der Waals surface area contributed by atoms with Crippen LogP contribution in [0.25, 0.3) is 0 Å². The maximum Gasteiger partial charge on any atom is 0.352 e. The summed E-state index contributed by atoms with van der Waals surface area (Å²) in [6.45, 7) is 0.147. The molecule has 1 N–H and O–H groups in total. The molecule has 6 heteroatoms. The van der Waals surface area contributed by atoms with Crippen LogP contribution in [0.5, 0.6) is 11.5 Å². The monoisotopic (exact) mass is 287 g/mol. The van der Waals surface area contributed by atoms with Crippen molar-refractivity contribution >= 4 is 12.0 Å². The van der Waals surface area contributed by atoms with E-state index in [-0.39, 0.29) is 24.3 Å². The molecule has 21 heavy (non-hydrogen) atoms. The Morgan fingerprint density at radius 2 is 1.90 bits per heavy atom. The van der Waals surface area contributed by atoms with Crippen molar-refractivity contribution in [1.82, 2.24) is 0 Å². The number of phenolic OH excluding ortho intramolecular Hbond substituents is 1. The summed E-state index contributed by atoms with van der Waals surface area (Å²) < 4.78 is 5.41. The minimum absolute atomic E-state index is 0.0315. The van der Waals surface area contributed by atoms with Gasteiger partial charge in [-0.25, -0.2) is 0 Å². The zero-order chi connectivity index (χ0) is 15.2. The number of benzene rings is 2. The lowest BCUT2D eigenvalue weighted by Gasteiger charge is -2.09. The molecule has 0 fully saturated rings. The third kappa shape index (κ3) is 3.36. The summed E-state index contributed by atoms with van der Waals surface area (Å²) in [4.78, 5) is 20.9. The van der Waals surface area contributed by atoms with E-state index in [4.69, 9.17) is 4.74 Å². The number of phenols is 1. The summed E-state index contributed by atoms with van der Waals surface area (Å²) in [5.41, 5.74) is 0.525. The summed E-state index contributed by atoms with van der Waals surface area (Å²) in [6.07, 6.45) is 0.481.